The number of nitrogens with zero attached hydrogens (tertiary/aromatic N) is 1. The summed E-state index contributed by atoms with van der Waals surface area (Å²) in [6, 6.07) is 3.52. The smallest absolute Gasteiger partial charge is 0.356 e. The lowest BCUT2D eigenvalue weighted by molar-refractivity contribution is 0.0498. The van der Waals surface area contributed by atoms with E-state index in [1.165, 1.54) is 0 Å². The summed E-state index contributed by atoms with van der Waals surface area (Å²) in [5, 5.41) is 0. The highest BCUT2D eigenvalue weighted by atomic mass is 16.5. The van der Waals surface area contributed by atoms with Gasteiger partial charge in [-0.05, 0) is 25.0 Å². The number of hydrogen-bond acceptors (Lipinski definition) is 3. The first-order valence-corrected chi connectivity index (χ1v) is 4.34. The summed E-state index contributed by atoms with van der Waals surface area (Å²) in [5.41, 5.74) is 1.41. The van der Waals surface area contributed by atoms with Crippen molar-refractivity contribution in [1.82, 2.24) is 4.98 Å². The Morgan fingerprint density at radius 2 is 2.31 bits per heavy atom. The van der Waals surface area contributed by atoms with Crippen molar-refractivity contribution in [3.8, 4) is 0 Å². The number of aromatic nitrogens is 1. The standard InChI is InChI=1S/C10H13NO2/c1-3-6-13-10(12)9-5-4-8(2)7-11-9/h4-5,7H,3,6H2,1-2H3. The van der Waals surface area contributed by atoms with Crippen molar-refractivity contribution >= 4 is 5.97 Å². The molecular formula is C10H13NO2. The Labute approximate surface area is 77.8 Å². The van der Waals surface area contributed by atoms with Crippen LogP contribution in [0.25, 0.3) is 0 Å². The third kappa shape index (κ3) is 2.86. The Kier molecular flexibility index (Phi) is 3.43. The predicted octanol–water partition coefficient (Wildman–Crippen LogP) is 1.96. The van der Waals surface area contributed by atoms with Gasteiger partial charge < -0.3 is 4.74 Å². The number of esters is 1. The number of pyridine rings is 1. The van der Waals surface area contributed by atoms with Crippen molar-refractivity contribution in [2.24, 2.45) is 0 Å². The normalized spacial score (nSPS) is 9.69. The van der Waals surface area contributed by atoms with Gasteiger partial charge in [-0.1, -0.05) is 13.0 Å². The van der Waals surface area contributed by atoms with Gasteiger partial charge in [-0.15, -0.1) is 0 Å². The fourth-order valence-electron chi connectivity index (χ4n) is 0.857. The Balaban J connectivity index is 2.61. The summed E-state index contributed by atoms with van der Waals surface area (Å²) in [6.07, 6.45) is 2.49. The van der Waals surface area contributed by atoms with E-state index in [1.807, 2.05) is 19.9 Å². The monoisotopic (exact) mass is 179 g/mol. The van der Waals surface area contributed by atoms with Gasteiger partial charge in [0.05, 0.1) is 6.61 Å². The zero-order valence-corrected chi connectivity index (χ0v) is 7.91. The van der Waals surface area contributed by atoms with Crippen molar-refractivity contribution in [2.45, 2.75) is 20.3 Å². The summed E-state index contributed by atoms with van der Waals surface area (Å²) in [7, 11) is 0. The Hall–Kier alpha value is -1.38. The molecule has 0 N–H and O–H groups in total. The van der Waals surface area contributed by atoms with Gasteiger partial charge in [0.15, 0.2) is 0 Å². The van der Waals surface area contributed by atoms with Crippen LogP contribution >= 0.6 is 0 Å². The molecule has 0 aliphatic rings. The fourth-order valence-corrected chi connectivity index (χ4v) is 0.857. The molecule has 70 valence electrons. The van der Waals surface area contributed by atoms with Crippen LogP contribution in [0.2, 0.25) is 0 Å². The largest absolute Gasteiger partial charge is 0.461 e. The minimum absolute atomic E-state index is 0.346. The van der Waals surface area contributed by atoms with Crippen LogP contribution in [0.15, 0.2) is 18.3 Å². The molecule has 0 amide bonds. The minimum atomic E-state index is -0.346. The molecule has 3 nitrogen and oxygen atoms in total. The molecule has 1 aromatic rings. The highest BCUT2D eigenvalue weighted by Gasteiger charge is 2.06. The molecule has 0 aliphatic carbocycles. The molecule has 0 fully saturated rings. The first-order valence-electron chi connectivity index (χ1n) is 4.34. The van der Waals surface area contributed by atoms with E-state index in [-0.39, 0.29) is 5.97 Å². The first-order chi connectivity index (χ1) is 6.24. The van der Waals surface area contributed by atoms with E-state index in [9.17, 15) is 4.79 Å². The summed E-state index contributed by atoms with van der Waals surface area (Å²) in [4.78, 5) is 15.2. The van der Waals surface area contributed by atoms with Crippen molar-refractivity contribution in [1.29, 1.82) is 0 Å². The summed E-state index contributed by atoms with van der Waals surface area (Å²) in [6.45, 7) is 4.33. The van der Waals surface area contributed by atoms with Gasteiger partial charge in [0.25, 0.3) is 0 Å². The predicted molar refractivity (Wildman–Crippen MR) is 49.5 cm³/mol. The number of ether oxygens (including phenoxy) is 1. The summed E-state index contributed by atoms with van der Waals surface area (Å²) < 4.78 is 4.92. The molecule has 1 heterocycles. The van der Waals surface area contributed by atoms with Crippen LogP contribution in [0.3, 0.4) is 0 Å². The molecule has 0 unspecified atom stereocenters. The van der Waals surface area contributed by atoms with Gasteiger partial charge in [-0.2, -0.15) is 0 Å². The minimum Gasteiger partial charge on any atom is -0.461 e. The molecule has 1 aromatic heterocycles. The van der Waals surface area contributed by atoms with E-state index in [1.54, 1.807) is 12.3 Å². The maximum absolute atomic E-state index is 11.2. The molecule has 0 saturated carbocycles. The third-order valence-electron chi connectivity index (χ3n) is 1.56. The van der Waals surface area contributed by atoms with Crippen LogP contribution in [0, 0.1) is 6.92 Å². The van der Waals surface area contributed by atoms with E-state index < -0.39 is 0 Å². The van der Waals surface area contributed by atoms with Crippen molar-refractivity contribution in [3.05, 3.63) is 29.6 Å². The van der Waals surface area contributed by atoms with Crippen molar-refractivity contribution < 1.29 is 9.53 Å². The molecule has 0 spiro atoms. The molecular weight excluding hydrogens is 166 g/mol. The first kappa shape index (κ1) is 9.71. The number of carbonyl (C=O) groups is 1. The maximum atomic E-state index is 11.2. The lowest BCUT2D eigenvalue weighted by Crippen LogP contribution is -2.07. The molecule has 3 heteroatoms. The van der Waals surface area contributed by atoms with Gasteiger partial charge in [0, 0.05) is 6.20 Å². The average molecular weight is 179 g/mol. The SMILES string of the molecule is CCCOC(=O)c1ccc(C)cn1. The van der Waals surface area contributed by atoms with E-state index in [0.29, 0.717) is 12.3 Å². The molecule has 0 atom stereocenters. The Morgan fingerprint density at radius 3 is 2.85 bits per heavy atom. The van der Waals surface area contributed by atoms with Gasteiger partial charge in [-0.25, -0.2) is 9.78 Å². The maximum Gasteiger partial charge on any atom is 0.356 e. The highest BCUT2D eigenvalue weighted by Crippen LogP contribution is 2.00. The highest BCUT2D eigenvalue weighted by molar-refractivity contribution is 5.87. The Morgan fingerprint density at radius 1 is 1.54 bits per heavy atom. The molecule has 0 aliphatic heterocycles. The average Bonchev–Trinajstić information content (AvgIpc) is 2.15. The second-order valence-electron chi connectivity index (χ2n) is 2.86. The molecule has 0 saturated heterocycles. The second-order valence-corrected chi connectivity index (χ2v) is 2.86. The topological polar surface area (TPSA) is 39.2 Å². The van der Waals surface area contributed by atoms with Crippen LogP contribution in [0.4, 0.5) is 0 Å². The van der Waals surface area contributed by atoms with Crippen LogP contribution in [-0.4, -0.2) is 17.6 Å². The van der Waals surface area contributed by atoms with Crippen LogP contribution < -0.4 is 0 Å². The molecule has 1 rings (SSSR count). The molecule has 0 bridgehead atoms. The molecule has 0 aromatic carbocycles. The fraction of sp³-hybridized carbons (Fsp3) is 0.400. The number of aryl methyl sites for hydroxylation is 1. The van der Waals surface area contributed by atoms with Gasteiger partial charge in [0.1, 0.15) is 5.69 Å². The van der Waals surface area contributed by atoms with Crippen molar-refractivity contribution in [2.75, 3.05) is 6.61 Å². The molecule has 0 radical (unpaired) electrons. The van der Waals surface area contributed by atoms with E-state index in [4.69, 9.17) is 4.74 Å². The Bertz CT molecular complexity index is 279. The van der Waals surface area contributed by atoms with Gasteiger partial charge in [-0.3, -0.25) is 0 Å². The number of carbonyl (C=O) groups excluding carboxylic acids is 1. The van der Waals surface area contributed by atoms with E-state index in [2.05, 4.69) is 4.98 Å². The quantitative estimate of drug-likeness (QED) is 0.666. The lowest BCUT2D eigenvalue weighted by atomic mass is 10.3. The second kappa shape index (κ2) is 4.60. The van der Waals surface area contributed by atoms with Crippen LogP contribution in [-0.2, 0) is 4.74 Å². The number of hydrogen-bond donors (Lipinski definition) is 0. The zero-order valence-electron chi connectivity index (χ0n) is 7.91. The van der Waals surface area contributed by atoms with E-state index >= 15 is 0 Å². The van der Waals surface area contributed by atoms with E-state index in [0.717, 1.165) is 12.0 Å². The summed E-state index contributed by atoms with van der Waals surface area (Å²) >= 11 is 0. The third-order valence-corrected chi connectivity index (χ3v) is 1.56. The summed E-state index contributed by atoms with van der Waals surface area (Å²) in [5.74, 6) is -0.346. The zero-order chi connectivity index (χ0) is 9.68. The lowest BCUT2D eigenvalue weighted by Gasteiger charge is -2.01. The van der Waals surface area contributed by atoms with Crippen LogP contribution in [0.5, 0.6) is 0 Å². The number of rotatable bonds is 3. The van der Waals surface area contributed by atoms with Gasteiger partial charge >= 0.3 is 5.97 Å². The van der Waals surface area contributed by atoms with Crippen molar-refractivity contribution in [3.63, 3.8) is 0 Å². The molecule has 13 heavy (non-hydrogen) atoms. The van der Waals surface area contributed by atoms with Crippen LogP contribution in [0.1, 0.15) is 29.4 Å². The van der Waals surface area contributed by atoms with Gasteiger partial charge in [0.2, 0.25) is 0 Å².